The predicted molar refractivity (Wildman–Crippen MR) is 103 cm³/mol. The number of hydrogen-bond acceptors (Lipinski definition) is 5. The fourth-order valence-corrected chi connectivity index (χ4v) is 3.92. The maximum Gasteiger partial charge on any atom is 0.297 e. The highest BCUT2D eigenvalue weighted by molar-refractivity contribution is 6.05. The van der Waals surface area contributed by atoms with Crippen LogP contribution in [0.25, 0.3) is 0 Å². The summed E-state index contributed by atoms with van der Waals surface area (Å²) in [4.78, 5) is 51.5. The molecular formula is C21H22N4O4. The normalized spacial score (nSPS) is 20.8. The molecule has 1 aromatic carbocycles. The van der Waals surface area contributed by atoms with Crippen LogP contribution in [0.15, 0.2) is 18.2 Å². The van der Waals surface area contributed by atoms with Crippen molar-refractivity contribution in [3.05, 3.63) is 34.9 Å². The average molecular weight is 394 g/mol. The molecule has 2 fully saturated rings. The van der Waals surface area contributed by atoms with Crippen LogP contribution in [0, 0.1) is 12.0 Å². The van der Waals surface area contributed by atoms with E-state index in [0.29, 0.717) is 25.1 Å². The zero-order valence-electron chi connectivity index (χ0n) is 16.0. The fourth-order valence-electron chi connectivity index (χ4n) is 3.92. The Hall–Kier alpha value is -3.34. The van der Waals surface area contributed by atoms with Crippen molar-refractivity contribution < 1.29 is 19.2 Å². The van der Waals surface area contributed by atoms with Gasteiger partial charge in [-0.15, -0.1) is 0 Å². The van der Waals surface area contributed by atoms with Crippen molar-refractivity contribution in [2.75, 3.05) is 13.1 Å². The lowest BCUT2D eigenvalue weighted by Gasteiger charge is -2.29. The smallest absolute Gasteiger partial charge is 0.297 e. The van der Waals surface area contributed by atoms with Crippen LogP contribution < -0.4 is 10.6 Å². The minimum atomic E-state index is -0.628. The minimum absolute atomic E-state index is 0.207. The second-order valence-electron chi connectivity index (χ2n) is 7.51. The van der Waals surface area contributed by atoms with Crippen molar-refractivity contribution in [2.24, 2.45) is 0 Å². The number of likely N-dealkylation sites (tertiary alicyclic amines) is 1. The largest absolute Gasteiger partial charge is 0.341 e. The van der Waals surface area contributed by atoms with E-state index < -0.39 is 11.9 Å². The molecule has 1 aromatic rings. The number of nitrogens with one attached hydrogen (secondary N) is 2. The van der Waals surface area contributed by atoms with Gasteiger partial charge < -0.3 is 15.1 Å². The van der Waals surface area contributed by atoms with Crippen molar-refractivity contribution in [2.45, 2.75) is 44.8 Å². The molecule has 4 amide bonds. The van der Waals surface area contributed by atoms with E-state index in [-0.39, 0.29) is 24.1 Å². The molecule has 0 aromatic heterocycles. The van der Waals surface area contributed by atoms with Crippen LogP contribution in [0.4, 0.5) is 0 Å². The fraction of sp³-hybridized carbons (Fsp3) is 0.429. The Morgan fingerprint density at radius 3 is 2.76 bits per heavy atom. The number of hydrogen-bond donors (Lipinski definition) is 2. The van der Waals surface area contributed by atoms with Crippen LogP contribution in [0.3, 0.4) is 0 Å². The molecule has 2 saturated heterocycles. The Morgan fingerprint density at radius 2 is 2.00 bits per heavy atom. The first-order chi connectivity index (χ1) is 14.0. The van der Waals surface area contributed by atoms with Crippen LogP contribution >= 0.6 is 0 Å². The van der Waals surface area contributed by atoms with E-state index in [1.807, 2.05) is 11.0 Å². The number of amides is 4. The summed E-state index contributed by atoms with van der Waals surface area (Å²) in [6.45, 7) is 2.44. The number of carbonyl (C=O) groups excluding carboxylic acids is 4. The first-order valence-electron chi connectivity index (χ1n) is 9.82. The predicted octanol–water partition coefficient (Wildman–Crippen LogP) is 0.121. The SMILES string of the molecule is O=C(C#CN1CCCC1)NCc1ccc2c(c1)CN(C1CCC(=O)NC1=O)C2=O. The number of rotatable bonds is 3. The highest BCUT2D eigenvalue weighted by Gasteiger charge is 2.39. The van der Waals surface area contributed by atoms with E-state index in [0.717, 1.165) is 37.1 Å². The standard InChI is InChI=1S/C21H22N4O4/c26-18(7-10-24-8-1-2-9-24)22-12-14-3-4-16-15(11-14)13-25(21(16)29)17-5-6-19(27)23-20(17)28/h3-4,11,17H,1-2,5-6,8-9,12-13H2,(H,22,26)(H,23,27,28). The van der Waals surface area contributed by atoms with Gasteiger partial charge in [0.2, 0.25) is 11.8 Å². The summed E-state index contributed by atoms with van der Waals surface area (Å²) < 4.78 is 0. The van der Waals surface area contributed by atoms with Crippen LogP contribution in [-0.2, 0) is 27.5 Å². The van der Waals surface area contributed by atoms with Gasteiger partial charge in [0.25, 0.3) is 11.8 Å². The van der Waals surface area contributed by atoms with Gasteiger partial charge in [-0.25, -0.2) is 0 Å². The van der Waals surface area contributed by atoms with Gasteiger partial charge in [0.15, 0.2) is 0 Å². The van der Waals surface area contributed by atoms with Gasteiger partial charge in [-0.2, -0.15) is 0 Å². The van der Waals surface area contributed by atoms with Crippen molar-refractivity contribution in [1.82, 2.24) is 20.4 Å². The Morgan fingerprint density at radius 1 is 1.21 bits per heavy atom. The van der Waals surface area contributed by atoms with Gasteiger partial charge >= 0.3 is 0 Å². The number of imide groups is 1. The average Bonchev–Trinajstić information content (AvgIpc) is 3.33. The molecule has 3 heterocycles. The van der Waals surface area contributed by atoms with E-state index in [9.17, 15) is 19.2 Å². The van der Waals surface area contributed by atoms with E-state index in [1.54, 1.807) is 12.1 Å². The molecule has 29 heavy (non-hydrogen) atoms. The van der Waals surface area contributed by atoms with E-state index >= 15 is 0 Å². The summed E-state index contributed by atoms with van der Waals surface area (Å²) in [5, 5.41) is 5.07. The molecule has 0 radical (unpaired) electrons. The van der Waals surface area contributed by atoms with Crippen molar-refractivity contribution in [3.8, 4) is 12.0 Å². The molecule has 3 aliphatic rings. The van der Waals surface area contributed by atoms with Crippen molar-refractivity contribution in [1.29, 1.82) is 0 Å². The van der Waals surface area contributed by atoms with Gasteiger partial charge in [-0.05, 0) is 36.5 Å². The van der Waals surface area contributed by atoms with Crippen molar-refractivity contribution in [3.63, 3.8) is 0 Å². The molecule has 2 N–H and O–H groups in total. The number of piperidine rings is 1. The third kappa shape index (κ3) is 4.09. The Balaban J connectivity index is 1.37. The summed E-state index contributed by atoms with van der Waals surface area (Å²) in [7, 11) is 0. The lowest BCUT2D eigenvalue weighted by molar-refractivity contribution is -0.137. The zero-order chi connectivity index (χ0) is 20.4. The van der Waals surface area contributed by atoms with Gasteiger partial charge in [-0.3, -0.25) is 24.5 Å². The van der Waals surface area contributed by atoms with Gasteiger partial charge in [0.1, 0.15) is 6.04 Å². The van der Waals surface area contributed by atoms with E-state index in [4.69, 9.17) is 0 Å². The first kappa shape index (κ1) is 19.0. The molecule has 1 atom stereocenters. The summed E-state index contributed by atoms with van der Waals surface area (Å²) in [6, 6.07) is 7.63. The molecule has 1 unspecified atom stereocenters. The lowest BCUT2D eigenvalue weighted by atomic mass is 10.0. The maximum absolute atomic E-state index is 12.7. The van der Waals surface area contributed by atoms with Gasteiger partial charge in [0, 0.05) is 50.1 Å². The summed E-state index contributed by atoms with van der Waals surface area (Å²) >= 11 is 0. The van der Waals surface area contributed by atoms with Crippen LogP contribution in [0.2, 0.25) is 0 Å². The van der Waals surface area contributed by atoms with Crippen LogP contribution in [0.5, 0.6) is 0 Å². The minimum Gasteiger partial charge on any atom is -0.341 e. The molecule has 150 valence electrons. The molecule has 4 rings (SSSR count). The quantitative estimate of drug-likeness (QED) is 0.561. The molecule has 0 saturated carbocycles. The highest BCUT2D eigenvalue weighted by atomic mass is 16.2. The topological polar surface area (TPSA) is 98.8 Å². The summed E-state index contributed by atoms with van der Waals surface area (Å²) in [5.74, 6) is 1.33. The Bertz CT molecular complexity index is 940. The second kappa shape index (κ2) is 7.95. The van der Waals surface area contributed by atoms with Gasteiger partial charge in [-0.1, -0.05) is 12.1 Å². The summed E-state index contributed by atoms with van der Waals surface area (Å²) in [6.07, 6.45) is 2.79. The molecule has 0 aliphatic carbocycles. The first-order valence-corrected chi connectivity index (χ1v) is 9.82. The van der Waals surface area contributed by atoms with Crippen molar-refractivity contribution >= 4 is 23.6 Å². The number of nitrogens with zero attached hydrogens (tertiary/aromatic N) is 2. The highest BCUT2D eigenvalue weighted by Crippen LogP contribution is 2.28. The molecule has 3 aliphatic heterocycles. The number of benzene rings is 1. The van der Waals surface area contributed by atoms with Gasteiger partial charge in [0.05, 0.1) is 0 Å². The van der Waals surface area contributed by atoms with Crippen LogP contribution in [-0.4, -0.2) is 52.6 Å². The molecule has 8 nitrogen and oxygen atoms in total. The summed E-state index contributed by atoms with van der Waals surface area (Å²) in [5.41, 5.74) is 2.23. The molecule has 0 bridgehead atoms. The van der Waals surface area contributed by atoms with E-state index in [2.05, 4.69) is 22.6 Å². The molecular weight excluding hydrogens is 372 g/mol. The number of carbonyl (C=O) groups is 4. The maximum atomic E-state index is 12.7. The molecule has 0 spiro atoms. The zero-order valence-corrected chi connectivity index (χ0v) is 16.0. The van der Waals surface area contributed by atoms with Crippen LogP contribution in [0.1, 0.15) is 47.2 Å². The lowest BCUT2D eigenvalue weighted by Crippen LogP contribution is -2.52. The third-order valence-corrected chi connectivity index (χ3v) is 5.47. The number of fused-ring (bicyclic) bond motifs is 1. The third-order valence-electron chi connectivity index (χ3n) is 5.47. The Kier molecular flexibility index (Phi) is 5.21. The Labute approximate surface area is 168 Å². The second-order valence-corrected chi connectivity index (χ2v) is 7.51. The monoisotopic (exact) mass is 394 g/mol. The van der Waals surface area contributed by atoms with E-state index in [1.165, 1.54) is 4.90 Å². The molecule has 8 heteroatoms.